The molecular weight excluding hydrogens is 472 g/mol. The number of benzene rings is 3. The zero-order valence-corrected chi connectivity index (χ0v) is 20.3. The van der Waals surface area contributed by atoms with Gasteiger partial charge in [-0.2, -0.15) is 0 Å². The van der Waals surface area contributed by atoms with E-state index in [0.717, 1.165) is 5.56 Å². The number of rotatable bonds is 5. The number of nitrogens with zero attached hydrogens (tertiary/aromatic N) is 3. The van der Waals surface area contributed by atoms with Gasteiger partial charge >= 0.3 is 5.69 Å². The first-order chi connectivity index (χ1) is 17.9. The van der Waals surface area contributed by atoms with Crippen LogP contribution in [0.4, 0.5) is 0 Å². The highest BCUT2D eigenvalue weighted by Gasteiger charge is 2.25. The van der Waals surface area contributed by atoms with Crippen molar-refractivity contribution < 1.29 is 14.3 Å². The Bertz CT molecular complexity index is 1580. The van der Waals surface area contributed by atoms with Crippen molar-refractivity contribution in [3.63, 3.8) is 0 Å². The molecule has 188 valence electrons. The van der Waals surface area contributed by atoms with Gasteiger partial charge in [0.05, 0.1) is 24.6 Å². The van der Waals surface area contributed by atoms with E-state index in [4.69, 9.17) is 4.74 Å². The fraction of sp³-hybridized carbons (Fsp3) is 0.214. The zero-order valence-electron chi connectivity index (χ0n) is 20.3. The second-order valence-corrected chi connectivity index (χ2v) is 8.88. The van der Waals surface area contributed by atoms with E-state index >= 15 is 0 Å². The van der Waals surface area contributed by atoms with Crippen LogP contribution >= 0.6 is 0 Å². The van der Waals surface area contributed by atoms with E-state index in [1.807, 2.05) is 6.07 Å². The van der Waals surface area contributed by atoms with Gasteiger partial charge in [-0.3, -0.25) is 23.9 Å². The molecular formula is C28H26N4O5. The van der Waals surface area contributed by atoms with Gasteiger partial charge in [-0.15, -0.1) is 0 Å². The number of hydrogen-bond donors (Lipinski definition) is 1. The Morgan fingerprint density at radius 2 is 1.46 bits per heavy atom. The molecule has 0 bridgehead atoms. The summed E-state index contributed by atoms with van der Waals surface area (Å²) in [5, 5.41) is 0.427. The van der Waals surface area contributed by atoms with Crippen LogP contribution in [0.3, 0.4) is 0 Å². The van der Waals surface area contributed by atoms with Crippen molar-refractivity contribution in [2.45, 2.75) is 6.54 Å². The van der Waals surface area contributed by atoms with Gasteiger partial charge in [0.2, 0.25) is 0 Å². The standard InChI is InChI=1S/C28H26N4O5/c1-37-22-11-9-20(10-12-22)26(34)30-13-15-31(16-14-30)27(35)21-6-4-5-19(17-21)18-32-24-8-3-2-7-23(24)25(33)29-28(32)36/h2-12,17H,13-16,18H2,1H3,(H,29,33,36). The van der Waals surface area contributed by atoms with Crippen LogP contribution in [0.2, 0.25) is 0 Å². The number of aromatic nitrogens is 2. The van der Waals surface area contributed by atoms with E-state index < -0.39 is 11.2 Å². The van der Waals surface area contributed by atoms with Crippen molar-refractivity contribution >= 4 is 22.7 Å². The van der Waals surface area contributed by atoms with E-state index in [-0.39, 0.29) is 18.4 Å². The third-order valence-corrected chi connectivity index (χ3v) is 6.61. The van der Waals surface area contributed by atoms with Gasteiger partial charge in [0.15, 0.2) is 0 Å². The summed E-state index contributed by atoms with van der Waals surface area (Å²) < 4.78 is 6.64. The number of hydrogen-bond acceptors (Lipinski definition) is 5. The minimum absolute atomic E-state index is 0.0738. The number of para-hydroxylation sites is 1. The van der Waals surface area contributed by atoms with Crippen molar-refractivity contribution in [3.05, 3.63) is 110 Å². The second kappa shape index (κ2) is 10.1. The van der Waals surface area contributed by atoms with Crippen LogP contribution in [0.5, 0.6) is 5.75 Å². The van der Waals surface area contributed by atoms with Crippen LogP contribution in [-0.2, 0) is 6.54 Å². The number of aromatic amines is 1. The van der Waals surface area contributed by atoms with Gasteiger partial charge in [-0.05, 0) is 54.1 Å². The molecule has 0 aliphatic carbocycles. The monoisotopic (exact) mass is 498 g/mol. The summed E-state index contributed by atoms with van der Waals surface area (Å²) in [6.07, 6.45) is 0. The number of H-pyrrole nitrogens is 1. The smallest absolute Gasteiger partial charge is 0.329 e. The predicted octanol–water partition coefficient (Wildman–Crippen LogP) is 2.34. The van der Waals surface area contributed by atoms with Gasteiger partial charge < -0.3 is 14.5 Å². The summed E-state index contributed by atoms with van der Waals surface area (Å²) in [6, 6.07) is 21.0. The minimum atomic E-state index is -0.502. The Kier molecular flexibility index (Phi) is 6.59. The fourth-order valence-corrected chi connectivity index (χ4v) is 4.60. The molecule has 2 heterocycles. The van der Waals surface area contributed by atoms with Crippen molar-refractivity contribution in [3.8, 4) is 5.75 Å². The zero-order chi connectivity index (χ0) is 25.9. The number of amides is 2. The topological polar surface area (TPSA) is 105 Å². The highest BCUT2D eigenvalue weighted by atomic mass is 16.5. The Balaban J connectivity index is 1.28. The minimum Gasteiger partial charge on any atom is -0.497 e. The largest absolute Gasteiger partial charge is 0.497 e. The van der Waals surface area contributed by atoms with Crippen LogP contribution < -0.4 is 16.0 Å². The maximum Gasteiger partial charge on any atom is 0.329 e. The Morgan fingerprint density at radius 3 is 2.14 bits per heavy atom. The van der Waals surface area contributed by atoms with Crippen LogP contribution in [0.15, 0.2) is 82.4 Å². The molecule has 2 amide bonds. The van der Waals surface area contributed by atoms with E-state index in [2.05, 4.69) is 4.98 Å². The van der Waals surface area contributed by atoms with Crippen molar-refractivity contribution in [1.29, 1.82) is 0 Å². The van der Waals surface area contributed by atoms with Crippen molar-refractivity contribution in [1.82, 2.24) is 19.4 Å². The molecule has 1 N–H and O–H groups in total. The molecule has 37 heavy (non-hydrogen) atoms. The summed E-state index contributed by atoms with van der Waals surface area (Å²) >= 11 is 0. The van der Waals surface area contributed by atoms with E-state index in [1.54, 1.807) is 83.6 Å². The molecule has 4 aromatic rings. The highest BCUT2D eigenvalue weighted by Crippen LogP contribution is 2.17. The SMILES string of the molecule is COc1ccc(C(=O)N2CCN(C(=O)c3cccc(Cn4c(=O)[nH]c(=O)c5ccccc54)c3)CC2)cc1. The molecule has 0 atom stereocenters. The summed E-state index contributed by atoms with van der Waals surface area (Å²) in [5.41, 5.74) is 1.46. The number of ether oxygens (including phenoxy) is 1. The summed E-state index contributed by atoms with van der Waals surface area (Å²) in [6.45, 7) is 1.94. The molecule has 1 aliphatic rings. The van der Waals surface area contributed by atoms with Gasteiger partial charge in [0.25, 0.3) is 17.4 Å². The molecule has 3 aromatic carbocycles. The van der Waals surface area contributed by atoms with Gasteiger partial charge in [0.1, 0.15) is 5.75 Å². The van der Waals surface area contributed by atoms with Gasteiger partial charge in [-0.25, -0.2) is 4.79 Å². The average Bonchev–Trinajstić information content (AvgIpc) is 2.95. The number of carbonyl (C=O) groups is 2. The summed E-state index contributed by atoms with van der Waals surface area (Å²) in [7, 11) is 1.58. The maximum absolute atomic E-state index is 13.2. The lowest BCUT2D eigenvalue weighted by Crippen LogP contribution is -2.50. The number of methoxy groups -OCH3 is 1. The quantitative estimate of drug-likeness (QED) is 0.455. The van der Waals surface area contributed by atoms with Crippen molar-refractivity contribution in [2.24, 2.45) is 0 Å². The summed E-state index contributed by atoms with van der Waals surface area (Å²) in [4.78, 5) is 56.6. The number of nitrogens with one attached hydrogen (secondary N) is 1. The molecule has 1 aliphatic heterocycles. The van der Waals surface area contributed by atoms with Crippen LogP contribution in [-0.4, -0.2) is 64.5 Å². The number of carbonyl (C=O) groups excluding carboxylic acids is 2. The second-order valence-electron chi connectivity index (χ2n) is 8.88. The molecule has 1 saturated heterocycles. The molecule has 0 saturated carbocycles. The summed E-state index contributed by atoms with van der Waals surface area (Å²) in [5.74, 6) is 0.486. The molecule has 9 nitrogen and oxygen atoms in total. The molecule has 0 radical (unpaired) electrons. The van der Waals surface area contributed by atoms with E-state index in [1.165, 1.54) is 4.57 Å². The first-order valence-electron chi connectivity index (χ1n) is 12.0. The predicted molar refractivity (Wildman–Crippen MR) is 139 cm³/mol. The van der Waals surface area contributed by atoms with Crippen molar-refractivity contribution in [2.75, 3.05) is 33.3 Å². The van der Waals surface area contributed by atoms with E-state index in [9.17, 15) is 19.2 Å². The molecule has 0 unspecified atom stereocenters. The normalized spacial score (nSPS) is 13.5. The highest BCUT2D eigenvalue weighted by molar-refractivity contribution is 5.96. The Hall–Kier alpha value is -4.66. The first kappa shape index (κ1) is 24.1. The lowest BCUT2D eigenvalue weighted by Gasteiger charge is -2.35. The average molecular weight is 499 g/mol. The van der Waals surface area contributed by atoms with Crippen LogP contribution in [0, 0.1) is 0 Å². The Labute approximate surface area is 212 Å². The first-order valence-corrected chi connectivity index (χ1v) is 12.0. The van der Waals surface area contributed by atoms with E-state index in [0.29, 0.717) is 54.0 Å². The van der Waals surface area contributed by atoms with Crippen LogP contribution in [0.1, 0.15) is 26.3 Å². The molecule has 5 rings (SSSR count). The molecule has 1 aromatic heterocycles. The number of piperazine rings is 1. The number of fused-ring (bicyclic) bond motifs is 1. The molecule has 1 fully saturated rings. The molecule has 0 spiro atoms. The lowest BCUT2D eigenvalue weighted by atomic mass is 10.1. The fourth-order valence-electron chi connectivity index (χ4n) is 4.60. The third-order valence-electron chi connectivity index (χ3n) is 6.61. The van der Waals surface area contributed by atoms with Gasteiger partial charge in [-0.1, -0.05) is 24.3 Å². The molecule has 9 heteroatoms. The van der Waals surface area contributed by atoms with Gasteiger partial charge in [0, 0.05) is 37.3 Å². The maximum atomic E-state index is 13.2. The lowest BCUT2D eigenvalue weighted by molar-refractivity contribution is 0.0535. The van der Waals surface area contributed by atoms with Crippen LogP contribution in [0.25, 0.3) is 10.9 Å². The Morgan fingerprint density at radius 1 is 0.811 bits per heavy atom. The third kappa shape index (κ3) is 4.88.